The minimum Gasteiger partial charge on any atom is -0.313 e. The molecule has 1 N–H and O–H groups in total. The van der Waals surface area contributed by atoms with Gasteiger partial charge in [0.05, 0.1) is 0 Å². The topological polar surface area (TPSA) is 12.0 Å². The molecule has 1 saturated carbocycles. The van der Waals surface area contributed by atoms with Crippen molar-refractivity contribution in [3.63, 3.8) is 0 Å². The Kier molecular flexibility index (Phi) is 2.94. The minimum atomic E-state index is -1.14. The normalized spacial score (nSPS) is 23.5. The van der Waals surface area contributed by atoms with Crippen LogP contribution in [0.2, 0.25) is 0 Å². The van der Waals surface area contributed by atoms with Crippen LogP contribution in [0.4, 0.5) is 13.2 Å². The van der Waals surface area contributed by atoms with Crippen molar-refractivity contribution >= 4 is 0 Å². The van der Waals surface area contributed by atoms with Gasteiger partial charge in [0.2, 0.25) is 0 Å². The van der Waals surface area contributed by atoms with Crippen molar-refractivity contribution in [1.82, 2.24) is 5.32 Å². The van der Waals surface area contributed by atoms with Crippen molar-refractivity contribution < 1.29 is 13.2 Å². The van der Waals surface area contributed by atoms with Gasteiger partial charge >= 0.3 is 0 Å². The maximum Gasteiger partial charge on any atom is 0.161 e. The fraction of sp³-hybridized carbons (Fsp3) is 0.538. The van der Waals surface area contributed by atoms with Crippen LogP contribution in [-0.4, -0.2) is 7.05 Å². The van der Waals surface area contributed by atoms with E-state index < -0.39 is 17.5 Å². The van der Waals surface area contributed by atoms with Crippen LogP contribution in [0, 0.1) is 28.8 Å². The Bertz CT molecular complexity index is 443. The van der Waals surface area contributed by atoms with Crippen LogP contribution in [0.1, 0.15) is 31.9 Å². The quantitative estimate of drug-likeness (QED) is 0.802. The van der Waals surface area contributed by atoms with Crippen molar-refractivity contribution in [1.29, 1.82) is 0 Å². The first-order chi connectivity index (χ1) is 7.86. The highest BCUT2D eigenvalue weighted by Gasteiger charge is 2.50. The van der Waals surface area contributed by atoms with Gasteiger partial charge in [-0.25, -0.2) is 13.2 Å². The molecule has 0 aliphatic heterocycles. The van der Waals surface area contributed by atoms with E-state index in [1.165, 1.54) is 0 Å². The van der Waals surface area contributed by atoms with Crippen molar-refractivity contribution in [2.75, 3.05) is 7.05 Å². The van der Waals surface area contributed by atoms with Gasteiger partial charge in [-0.2, -0.15) is 0 Å². The summed E-state index contributed by atoms with van der Waals surface area (Å²) < 4.78 is 39.7. The molecule has 0 aromatic heterocycles. The van der Waals surface area contributed by atoms with Gasteiger partial charge in [0.25, 0.3) is 0 Å². The number of rotatable bonds is 3. The highest BCUT2D eigenvalue weighted by Crippen LogP contribution is 2.57. The van der Waals surface area contributed by atoms with Gasteiger partial charge in [-0.1, -0.05) is 13.8 Å². The van der Waals surface area contributed by atoms with E-state index in [4.69, 9.17) is 0 Å². The minimum absolute atomic E-state index is 0.130. The molecule has 4 heteroatoms. The standard InChI is InChI=1S/C13H16F3N/c1-13(2)6-8(13)12(17-3)7-4-10(15)11(16)5-9(7)14/h4-5,8,12,17H,6H2,1-3H3. The predicted octanol–water partition coefficient (Wildman–Crippen LogP) is 3.41. The van der Waals surface area contributed by atoms with E-state index in [9.17, 15) is 13.2 Å². The van der Waals surface area contributed by atoms with Crippen LogP contribution in [0.5, 0.6) is 0 Å². The van der Waals surface area contributed by atoms with E-state index >= 15 is 0 Å². The van der Waals surface area contributed by atoms with Crippen LogP contribution >= 0.6 is 0 Å². The predicted molar refractivity (Wildman–Crippen MR) is 60.0 cm³/mol. The summed E-state index contributed by atoms with van der Waals surface area (Å²) >= 11 is 0. The molecular formula is C13H16F3N. The summed E-state index contributed by atoms with van der Waals surface area (Å²) in [6, 6.07) is 1.31. The number of hydrogen-bond acceptors (Lipinski definition) is 1. The Morgan fingerprint density at radius 2 is 1.71 bits per heavy atom. The Balaban J connectivity index is 2.35. The molecular weight excluding hydrogens is 227 g/mol. The molecule has 1 nitrogen and oxygen atoms in total. The van der Waals surface area contributed by atoms with Gasteiger partial charge in [-0.3, -0.25) is 0 Å². The highest BCUT2D eigenvalue weighted by molar-refractivity contribution is 5.26. The fourth-order valence-corrected chi connectivity index (χ4v) is 2.43. The van der Waals surface area contributed by atoms with Gasteiger partial charge in [-0.15, -0.1) is 0 Å². The number of halogens is 3. The van der Waals surface area contributed by atoms with Crippen molar-refractivity contribution in [3.8, 4) is 0 Å². The SMILES string of the molecule is CNC(c1cc(F)c(F)cc1F)C1CC1(C)C. The first-order valence-electron chi connectivity index (χ1n) is 5.68. The monoisotopic (exact) mass is 243 g/mol. The van der Waals surface area contributed by atoms with E-state index in [1.54, 1.807) is 7.05 Å². The van der Waals surface area contributed by atoms with Gasteiger partial charge in [-0.05, 0) is 30.9 Å². The first kappa shape index (κ1) is 12.4. The van der Waals surface area contributed by atoms with Crippen LogP contribution in [0.25, 0.3) is 0 Å². The summed E-state index contributed by atoms with van der Waals surface area (Å²) in [5.74, 6) is -2.57. The van der Waals surface area contributed by atoms with E-state index in [1.807, 2.05) is 0 Å². The molecule has 0 spiro atoms. The third-order valence-electron chi connectivity index (χ3n) is 3.68. The van der Waals surface area contributed by atoms with Gasteiger partial charge < -0.3 is 5.32 Å². The average molecular weight is 243 g/mol. The first-order valence-corrected chi connectivity index (χ1v) is 5.68. The largest absolute Gasteiger partial charge is 0.313 e. The zero-order valence-electron chi connectivity index (χ0n) is 10.2. The molecule has 1 aliphatic rings. The van der Waals surface area contributed by atoms with Gasteiger partial charge in [0.15, 0.2) is 11.6 Å². The molecule has 2 rings (SSSR count). The van der Waals surface area contributed by atoms with Crippen molar-refractivity contribution in [2.24, 2.45) is 11.3 Å². The molecule has 1 aromatic carbocycles. The number of nitrogens with one attached hydrogen (secondary N) is 1. The van der Waals surface area contributed by atoms with Gasteiger partial charge in [0.1, 0.15) is 5.82 Å². The maximum atomic E-state index is 13.7. The molecule has 2 unspecified atom stereocenters. The third kappa shape index (κ3) is 2.18. The number of hydrogen-bond donors (Lipinski definition) is 1. The second-order valence-electron chi connectivity index (χ2n) is 5.35. The molecule has 0 bridgehead atoms. The Morgan fingerprint density at radius 3 is 2.18 bits per heavy atom. The highest BCUT2D eigenvalue weighted by atomic mass is 19.2. The molecule has 2 atom stereocenters. The van der Waals surface area contributed by atoms with Crippen LogP contribution in [-0.2, 0) is 0 Å². The molecule has 1 aliphatic carbocycles. The van der Waals surface area contributed by atoms with Gasteiger partial charge in [0, 0.05) is 17.7 Å². The van der Waals surface area contributed by atoms with Crippen LogP contribution in [0.3, 0.4) is 0 Å². The lowest BCUT2D eigenvalue weighted by atomic mass is 9.96. The lowest BCUT2D eigenvalue weighted by molar-refractivity contribution is 0.416. The molecule has 94 valence electrons. The summed E-state index contributed by atoms with van der Waals surface area (Å²) in [7, 11) is 1.71. The molecule has 1 fully saturated rings. The fourth-order valence-electron chi connectivity index (χ4n) is 2.43. The molecule has 17 heavy (non-hydrogen) atoms. The lowest BCUT2D eigenvalue weighted by Gasteiger charge is -2.19. The number of benzene rings is 1. The Hall–Kier alpha value is -1.03. The van der Waals surface area contributed by atoms with Crippen molar-refractivity contribution in [2.45, 2.75) is 26.3 Å². The lowest BCUT2D eigenvalue weighted by Crippen LogP contribution is -2.22. The summed E-state index contributed by atoms with van der Waals surface area (Å²) in [6.45, 7) is 4.17. The summed E-state index contributed by atoms with van der Waals surface area (Å²) in [5.41, 5.74) is 0.340. The average Bonchev–Trinajstić information content (AvgIpc) is 2.84. The van der Waals surface area contributed by atoms with Crippen LogP contribution < -0.4 is 5.32 Å². The third-order valence-corrected chi connectivity index (χ3v) is 3.68. The van der Waals surface area contributed by atoms with E-state index in [0.717, 1.165) is 12.5 Å². The molecule has 1 aromatic rings. The van der Waals surface area contributed by atoms with E-state index in [0.29, 0.717) is 6.07 Å². The summed E-state index contributed by atoms with van der Waals surface area (Å²) in [6.07, 6.45) is 0.955. The smallest absolute Gasteiger partial charge is 0.161 e. The van der Waals surface area contributed by atoms with E-state index in [-0.39, 0.29) is 22.9 Å². The zero-order valence-corrected chi connectivity index (χ0v) is 10.2. The summed E-state index contributed by atoms with van der Waals surface area (Å²) in [4.78, 5) is 0. The van der Waals surface area contributed by atoms with Crippen LogP contribution in [0.15, 0.2) is 12.1 Å². The second kappa shape index (κ2) is 4.02. The molecule has 0 amide bonds. The second-order valence-corrected chi connectivity index (χ2v) is 5.35. The van der Waals surface area contributed by atoms with E-state index in [2.05, 4.69) is 19.2 Å². The van der Waals surface area contributed by atoms with Crippen molar-refractivity contribution in [3.05, 3.63) is 35.1 Å². The molecule has 0 radical (unpaired) electrons. The molecule has 0 saturated heterocycles. The summed E-state index contributed by atoms with van der Waals surface area (Å²) in [5, 5.41) is 2.99. The Labute approximate surface area is 99.0 Å². The Morgan fingerprint density at radius 1 is 1.18 bits per heavy atom. The molecule has 0 heterocycles. The maximum absolute atomic E-state index is 13.7. The zero-order chi connectivity index (χ0) is 12.8.